The molecule has 0 aliphatic carbocycles. The van der Waals surface area contributed by atoms with Crippen LogP contribution in [0.3, 0.4) is 0 Å². The van der Waals surface area contributed by atoms with E-state index >= 15 is 0 Å². The van der Waals surface area contributed by atoms with Gasteiger partial charge in [-0.3, -0.25) is 0 Å². The fourth-order valence-corrected chi connectivity index (χ4v) is 0.289. The molecule has 0 aromatic carbocycles. The molecule has 0 spiro atoms. The van der Waals surface area contributed by atoms with Crippen molar-refractivity contribution in [1.82, 2.24) is 0 Å². The molecule has 0 bridgehead atoms. The Labute approximate surface area is 130 Å². The predicted octanol–water partition coefficient (Wildman–Crippen LogP) is 1.13. The summed E-state index contributed by atoms with van der Waals surface area (Å²) >= 11 is 0. The van der Waals surface area contributed by atoms with E-state index in [9.17, 15) is 0 Å². The summed E-state index contributed by atoms with van der Waals surface area (Å²) in [5.74, 6) is 0. The van der Waals surface area contributed by atoms with E-state index in [0.717, 1.165) is 0 Å². The molecule has 0 heterocycles. The van der Waals surface area contributed by atoms with Gasteiger partial charge in [0.1, 0.15) is 22.8 Å². The van der Waals surface area contributed by atoms with Crippen molar-refractivity contribution in [2.24, 2.45) is 20.6 Å². The number of hydrogen-bond acceptors (Lipinski definition) is 11. The van der Waals surface area contributed by atoms with Gasteiger partial charge < -0.3 is 36.2 Å². The maximum Gasteiger partial charge on any atom is 0.101 e. The topological polar surface area (TPSA) is 197 Å². The van der Waals surface area contributed by atoms with Crippen molar-refractivity contribution in [3.63, 3.8) is 0 Å². The largest absolute Gasteiger partial charge is 0.411 e. The third-order valence-corrected chi connectivity index (χ3v) is 1.65. The fourth-order valence-electron chi connectivity index (χ4n) is 0.289. The zero-order chi connectivity index (χ0) is 16.7. The van der Waals surface area contributed by atoms with Crippen molar-refractivity contribution in [2.75, 3.05) is 0 Å². The van der Waals surface area contributed by atoms with Gasteiger partial charge in [0, 0.05) is 16.8 Å². The second-order valence-corrected chi connectivity index (χ2v) is 2.97. The molecule has 0 rings (SSSR count). The number of nitrogens with zero attached hydrogens (tertiary/aromatic N) is 5. The van der Waals surface area contributed by atoms with Crippen LogP contribution in [0.4, 0.5) is 0 Å². The molecule has 125 valence electrons. The van der Waals surface area contributed by atoms with Gasteiger partial charge in [0.05, 0.1) is 5.09 Å². The second-order valence-electron chi connectivity index (χ2n) is 2.97. The van der Waals surface area contributed by atoms with Crippen LogP contribution in [0.25, 0.3) is 0 Å². The van der Waals surface area contributed by atoms with E-state index in [1.54, 1.807) is 0 Å². The summed E-state index contributed by atoms with van der Waals surface area (Å²) in [6.07, 6.45) is 0. The first-order valence-corrected chi connectivity index (χ1v) is 4.74. The Morgan fingerprint density at radius 1 is 0.714 bits per heavy atom. The average molecular weight is 353 g/mol. The summed E-state index contributed by atoms with van der Waals surface area (Å²) in [5, 5.41) is 58.0. The van der Waals surface area contributed by atoms with Crippen LogP contribution < -0.4 is 0 Å². The van der Waals surface area contributed by atoms with Gasteiger partial charge in [-0.1, -0.05) is 20.6 Å². The van der Waals surface area contributed by atoms with Gasteiger partial charge in [0.2, 0.25) is 0 Å². The molecule has 4 N–H and O–H groups in total. The van der Waals surface area contributed by atoms with Crippen LogP contribution in [0, 0.1) is 15.3 Å². The van der Waals surface area contributed by atoms with Crippen molar-refractivity contribution >= 4 is 22.8 Å². The standard InChI is InChI=1S/2C4H8N2O2.Co.NO3/c2*1-3(5-7)4(2)6-8;;2-1(3)4/h2*7-8H,1-2H3;;/q;;;-1/b2*5-3+,6-4+;;. The van der Waals surface area contributed by atoms with Crippen molar-refractivity contribution < 1.29 is 42.7 Å². The number of rotatable bonds is 2. The van der Waals surface area contributed by atoms with Crippen molar-refractivity contribution in [1.29, 1.82) is 0 Å². The second kappa shape index (κ2) is 17.6. The minimum atomic E-state index is -1.75. The molecule has 21 heavy (non-hydrogen) atoms. The van der Waals surface area contributed by atoms with Crippen LogP contribution in [-0.2, 0) is 16.8 Å². The van der Waals surface area contributed by atoms with Crippen LogP contribution in [0.2, 0.25) is 0 Å². The summed E-state index contributed by atoms with van der Waals surface area (Å²) in [5.41, 5.74) is 1.25. The third kappa shape index (κ3) is 23.1. The van der Waals surface area contributed by atoms with E-state index in [1.165, 1.54) is 27.7 Å². The Bertz CT molecular complexity index is 340. The van der Waals surface area contributed by atoms with E-state index in [1.807, 2.05) is 0 Å². The van der Waals surface area contributed by atoms with Crippen LogP contribution >= 0.6 is 0 Å². The van der Waals surface area contributed by atoms with Gasteiger partial charge in [-0.2, -0.15) is 0 Å². The van der Waals surface area contributed by atoms with Gasteiger partial charge >= 0.3 is 0 Å². The monoisotopic (exact) mass is 353 g/mol. The fraction of sp³-hybridized carbons (Fsp3) is 0.500. The molecule has 0 unspecified atom stereocenters. The molecule has 0 amide bonds. The predicted molar refractivity (Wildman–Crippen MR) is 69.9 cm³/mol. The molecule has 1 radical (unpaired) electrons. The SMILES string of the molecule is CC(=N\O)/C(C)=N/O.CC(=N\O)/C(C)=N/O.O=[N+]([O-])[O-].[Co]. The average Bonchev–Trinajstić information content (AvgIpc) is 2.43. The first-order valence-electron chi connectivity index (χ1n) is 4.74. The summed E-state index contributed by atoms with van der Waals surface area (Å²) in [6.45, 7) is 6.15. The van der Waals surface area contributed by atoms with Crippen molar-refractivity contribution in [2.45, 2.75) is 27.7 Å². The van der Waals surface area contributed by atoms with Crippen LogP contribution in [0.15, 0.2) is 20.6 Å². The summed E-state index contributed by atoms with van der Waals surface area (Å²) in [6, 6.07) is 0. The molecular weight excluding hydrogens is 337 g/mol. The van der Waals surface area contributed by atoms with Gasteiger partial charge in [-0.05, 0) is 27.7 Å². The molecule has 0 fully saturated rings. The zero-order valence-electron chi connectivity index (χ0n) is 11.6. The minimum Gasteiger partial charge on any atom is -0.411 e. The molecule has 0 aliphatic rings. The zero-order valence-corrected chi connectivity index (χ0v) is 12.6. The molecule has 0 aromatic heterocycles. The molecule has 0 aromatic rings. The van der Waals surface area contributed by atoms with Crippen LogP contribution in [-0.4, -0.2) is 48.8 Å². The summed E-state index contributed by atoms with van der Waals surface area (Å²) in [4.78, 5) is 8.25. The maximum atomic E-state index is 8.25. The van der Waals surface area contributed by atoms with E-state index in [-0.39, 0.29) is 16.8 Å². The first kappa shape index (κ1) is 27.0. The Hall–Kier alpha value is -2.41. The molecule has 0 aliphatic heterocycles. The van der Waals surface area contributed by atoms with E-state index in [0.29, 0.717) is 22.8 Å². The van der Waals surface area contributed by atoms with Crippen LogP contribution in [0.5, 0.6) is 0 Å². The van der Waals surface area contributed by atoms with E-state index in [2.05, 4.69) is 20.6 Å². The molecule has 0 saturated heterocycles. The van der Waals surface area contributed by atoms with Crippen molar-refractivity contribution in [3.8, 4) is 0 Å². The maximum absolute atomic E-state index is 8.25. The quantitative estimate of drug-likeness (QED) is 0.247. The Morgan fingerprint density at radius 3 is 0.857 bits per heavy atom. The minimum absolute atomic E-state index is 0. The third-order valence-electron chi connectivity index (χ3n) is 1.65. The molecular formula is C8H16CoN5O7-. The van der Waals surface area contributed by atoms with Crippen LogP contribution in [0.1, 0.15) is 27.7 Å². The Kier molecular flexibility index (Phi) is 22.6. The molecule has 0 saturated carbocycles. The Balaban J connectivity index is -0.000000107. The first-order chi connectivity index (χ1) is 9.17. The normalized spacial score (nSPS) is 12.0. The molecule has 0 atom stereocenters. The van der Waals surface area contributed by atoms with E-state index < -0.39 is 5.09 Å². The smallest absolute Gasteiger partial charge is 0.101 e. The number of hydrogen-bond donors (Lipinski definition) is 4. The van der Waals surface area contributed by atoms with E-state index in [4.69, 9.17) is 36.2 Å². The molecule has 13 heteroatoms. The van der Waals surface area contributed by atoms with Crippen molar-refractivity contribution in [3.05, 3.63) is 15.3 Å². The summed E-state index contributed by atoms with van der Waals surface area (Å²) < 4.78 is 0. The summed E-state index contributed by atoms with van der Waals surface area (Å²) in [7, 11) is 0. The van der Waals surface area contributed by atoms with Gasteiger partial charge in [0.15, 0.2) is 0 Å². The van der Waals surface area contributed by atoms with Gasteiger partial charge in [-0.15, -0.1) is 0 Å². The van der Waals surface area contributed by atoms with Gasteiger partial charge in [0.25, 0.3) is 0 Å². The Morgan fingerprint density at radius 2 is 0.810 bits per heavy atom. The number of oxime groups is 4. The van der Waals surface area contributed by atoms with Gasteiger partial charge in [-0.25, -0.2) is 0 Å². The molecule has 12 nitrogen and oxygen atoms in total.